The van der Waals surface area contributed by atoms with Gasteiger partial charge >= 0.3 is 6.18 Å². The molecule has 5 nitrogen and oxygen atoms in total. The quantitative estimate of drug-likeness (QED) is 0.851. The van der Waals surface area contributed by atoms with Crippen molar-refractivity contribution in [1.29, 1.82) is 0 Å². The zero-order valence-electron chi connectivity index (χ0n) is 14.1. The summed E-state index contributed by atoms with van der Waals surface area (Å²) in [7, 11) is 0. The van der Waals surface area contributed by atoms with Crippen molar-refractivity contribution < 1.29 is 18.0 Å². The van der Waals surface area contributed by atoms with Gasteiger partial charge in [0.05, 0.1) is 10.9 Å². The van der Waals surface area contributed by atoms with Gasteiger partial charge in [0.25, 0.3) is 0 Å². The zero-order valence-corrected chi connectivity index (χ0v) is 14.1. The van der Waals surface area contributed by atoms with E-state index in [1.165, 1.54) is 0 Å². The highest BCUT2D eigenvalue weighted by molar-refractivity contribution is 5.76. The summed E-state index contributed by atoms with van der Waals surface area (Å²) in [6.45, 7) is 1.44. The molecule has 1 N–H and O–H groups in total. The minimum absolute atomic E-state index is 0.135. The largest absolute Gasteiger partial charge is 0.394 e. The van der Waals surface area contributed by atoms with Gasteiger partial charge in [0.2, 0.25) is 6.41 Å². The molecule has 1 saturated heterocycles. The molecule has 2 aromatic heterocycles. The number of hydrogen-bond donors (Lipinski definition) is 1. The van der Waals surface area contributed by atoms with Gasteiger partial charge in [-0.3, -0.25) is 4.79 Å². The lowest BCUT2D eigenvalue weighted by molar-refractivity contribution is -0.338. The standard InChI is InChI=1S/C18H19F3N4O/c19-18(20,21)17-7-16(8-17,9-17)15-23-13-12(1-4-22-14(13)24-15)11-2-5-25(10-26)6-3-11/h1,4,10-11H,2-3,5-9H2,(H,22,23,24). The van der Waals surface area contributed by atoms with Crippen LogP contribution in [0.25, 0.3) is 11.2 Å². The van der Waals surface area contributed by atoms with Gasteiger partial charge in [0.15, 0.2) is 5.65 Å². The smallest absolute Gasteiger partial charge is 0.345 e. The number of fused-ring (bicyclic) bond motifs is 1. The molecule has 2 aromatic rings. The Hall–Kier alpha value is -2.12. The molecule has 3 aliphatic carbocycles. The predicted molar refractivity (Wildman–Crippen MR) is 87.5 cm³/mol. The molecule has 1 aliphatic heterocycles. The minimum atomic E-state index is -4.11. The Morgan fingerprint density at radius 1 is 1.23 bits per heavy atom. The molecule has 26 heavy (non-hydrogen) atoms. The maximum atomic E-state index is 13.1. The maximum absolute atomic E-state index is 13.1. The first kappa shape index (κ1) is 16.1. The van der Waals surface area contributed by atoms with Crippen LogP contribution in [0.3, 0.4) is 0 Å². The molecule has 4 aliphatic rings. The van der Waals surface area contributed by atoms with E-state index in [2.05, 4.69) is 15.0 Å². The lowest BCUT2D eigenvalue weighted by atomic mass is 9.34. The summed E-state index contributed by atoms with van der Waals surface area (Å²) in [6, 6.07) is 1.96. The second-order valence-electron chi connectivity index (χ2n) is 8.19. The van der Waals surface area contributed by atoms with Crippen LogP contribution in [0, 0.1) is 5.41 Å². The highest BCUT2D eigenvalue weighted by atomic mass is 19.4. The Kier molecular flexibility index (Phi) is 3.08. The summed E-state index contributed by atoms with van der Waals surface area (Å²) < 4.78 is 39.3. The van der Waals surface area contributed by atoms with Crippen LogP contribution in [-0.4, -0.2) is 45.5 Å². The van der Waals surface area contributed by atoms with E-state index in [1.807, 2.05) is 6.07 Å². The van der Waals surface area contributed by atoms with Crippen molar-refractivity contribution in [2.45, 2.75) is 49.6 Å². The van der Waals surface area contributed by atoms with Crippen LogP contribution in [-0.2, 0) is 10.2 Å². The fourth-order valence-electron chi connectivity index (χ4n) is 5.18. The van der Waals surface area contributed by atoms with Crippen molar-refractivity contribution in [2.75, 3.05) is 13.1 Å². The Labute approximate surface area is 148 Å². The molecule has 8 heteroatoms. The van der Waals surface area contributed by atoms with E-state index in [0.717, 1.165) is 43.4 Å². The van der Waals surface area contributed by atoms with Crippen LogP contribution in [0.4, 0.5) is 13.2 Å². The molecule has 0 radical (unpaired) electrons. The van der Waals surface area contributed by atoms with Gasteiger partial charge in [-0.05, 0) is 49.7 Å². The monoisotopic (exact) mass is 364 g/mol. The summed E-state index contributed by atoms with van der Waals surface area (Å²) in [5.41, 5.74) is 0.605. The Morgan fingerprint density at radius 2 is 1.92 bits per heavy atom. The molecule has 0 spiro atoms. The van der Waals surface area contributed by atoms with Crippen LogP contribution < -0.4 is 0 Å². The van der Waals surface area contributed by atoms with E-state index in [4.69, 9.17) is 0 Å². The first-order chi connectivity index (χ1) is 12.4. The summed E-state index contributed by atoms with van der Waals surface area (Å²) in [4.78, 5) is 24.8. The van der Waals surface area contributed by atoms with E-state index < -0.39 is 17.0 Å². The van der Waals surface area contributed by atoms with Gasteiger partial charge in [-0.15, -0.1) is 0 Å². The number of carbonyl (C=O) groups excluding carboxylic acids is 1. The highest BCUT2D eigenvalue weighted by Gasteiger charge is 2.79. The number of aromatic nitrogens is 3. The number of imidazole rings is 1. The summed E-state index contributed by atoms with van der Waals surface area (Å²) >= 11 is 0. The number of alkyl halides is 3. The van der Waals surface area contributed by atoms with Gasteiger partial charge in [-0.25, -0.2) is 9.97 Å². The van der Waals surface area contributed by atoms with Crippen LogP contribution in [0.5, 0.6) is 0 Å². The first-order valence-electron chi connectivity index (χ1n) is 8.97. The third-order valence-corrected chi connectivity index (χ3v) is 6.68. The summed E-state index contributed by atoms with van der Waals surface area (Å²) in [6.07, 6.45) is 0.627. The Bertz CT molecular complexity index is 862. The molecule has 4 fully saturated rings. The zero-order chi connectivity index (χ0) is 18.2. The van der Waals surface area contributed by atoms with Crippen LogP contribution in [0.2, 0.25) is 0 Å². The van der Waals surface area contributed by atoms with Gasteiger partial charge in [-0.1, -0.05) is 0 Å². The van der Waals surface area contributed by atoms with Crippen molar-refractivity contribution in [1.82, 2.24) is 19.9 Å². The van der Waals surface area contributed by atoms with Gasteiger partial charge in [0.1, 0.15) is 5.82 Å². The number of pyridine rings is 1. The molecule has 3 saturated carbocycles. The lowest BCUT2D eigenvalue weighted by Crippen LogP contribution is -2.70. The molecule has 3 heterocycles. The van der Waals surface area contributed by atoms with Crippen molar-refractivity contribution in [3.63, 3.8) is 0 Å². The van der Waals surface area contributed by atoms with Crippen molar-refractivity contribution in [2.24, 2.45) is 5.41 Å². The van der Waals surface area contributed by atoms with E-state index in [0.29, 0.717) is 17.4 Å². The van der Waals surface area contributed by atoms with Crippen molar-refractivity contribution >= 4 is 17.6 Å². The van der Waals surface area contributed by atoms with Gasteiger partial charge in [0, 0.05) is 24.7 Å². The Morgan fingerprint density at radius 3 is 2.54 bits per heavy atom. The molecular weight excluding hydrogens is 345 g/mol. The minimum Gasteiger partial charge on any atom is -0.345 e. The third-order valence-electron chi connectivity index (χ3n) is 6.68. The van der Waals surface area contributed by atoms with E-state index in [-0.39, 0.29) is 19.3 Å². The molecule has 0 aromatic carbocycles. The number of rotatable bonds is 3. The number of nitrogens with zero attached hydrogens (tertiary/aromatic N) is 3. The summed E-state index contributed by atoms with van der Waals surface area (Å²) in [5, 5.41) is 0. The number of aromatic amines is 1. The van der Waals surface area contributed by atoms with Gasteiger partial charge in [-0.2, -0.15) is 13.2 Å². The molecule has 0 atom stereocenters. The van der Waals surface area contributed by atoms with Crippen LogP contribution >= 0.6 is 0 Å². The number of likely N-dealkylation sites (tertiary alicyclic amines) is 1. The van der Waals surface area contributed by atoms with Crippen molar-refractivity contribution in [3.8, 4) is 0 Å². The fourth-order valence-corrected chi connectivity index (χ4v) is 5.18. The molecule has 1 amide bonds. The van der Waals surface area contributed by atoms with E-state index >= 15 is 0 Å². The van der Waals surface area contributed by atoms with Crippen LogP contribution in [0.1, 0.15) is 49.4 Å². The average Bonchev–Trinajstić information content (AvgIpc) is 2.94. The van der Waals surface area contributed by atoms with Crippen LogP contribution in [0.15, 0.2) is 12.3 Å². The SMILES string of the molecule is O=CN1CCC(c2ccnc3nc(C45CC(C(F)(F)F)(C4)C5)[nH]c23)CC1. The number of amides is 1. The predicted octanol–water partition coefficient (Wildman–Crippen LogP) is 3.28. The number of piperidine rings is 1. The van der Waals surface area contributed by atoms with E-state index in [9.17, 15) is 18.0 Å². The second-order valence-corrected chi connectivity index (χ2v) is 8.19. The number of H-pyrrole nitrogens is 1. The molecule has 138 valence electrons. The highest BCUT2D eigenvalue weighted by Crippen LogP contribution is 2.78. The van der Waals surface area contributed by atoms with E-state index in [1.54, 1.807) is 11.1 Å². The molecule has 0 unspecified atom stereocenters. The topological polar surface area (TPSA) is 61.9 Å². The molecule has 6 rings (SSSR count). The second kappa shape index (κ2) is 4.98. The number of carbonyl (C=O) groups is 1. The molecular formula is C18H19F3N4O. The Balaban J connectivity index is 1.43. The fraction of sp³-hybridized carbons (Fsp3) is 0.611. The number of nitrogens with one attached hydrogen (secondary N) is 1. The third kappa shape index (κ3) is 2.01. The molecule has 2 bridgehead atoms. The maximum Gasteiger partial charge on any atom is 0.394 e. The number of halogens is 3. The van der Waals surface area contributed by atoms with Crippen molar-refractivity contribution in [3.05, 3.63) is 23.7 Å². The first-order valence-corrected chi connectivity index (χ1v) is 8.97. The normalized spacial score (nSPS) is 31.6. The average molecular weight is 364 g/mol. The summed E-state index contributed by atoms with van der Waals surface area (Å²) in [5.74, 6) is 0.962. The lowest BCUT2D eigenvalue weighted by Gasteiger charge is -2.69. The van der Waals surface area contributed by atoms with Gasteiger partial charge < -0.3 is 9.88 Å². The number of hydrogen-bond acceptors (Lipinski definition) is 3.